The van der Waals surface area contributed by atoms with E-state index < -0.39 is 6.10 Å². The summed E-state index contributed by atoms with van der Waals surface area (Å²) < 4.78 is 5.53. The fourth-order valence-corrected chi connectivity index (χ4v) is 1.84. The van der Waals surface area contributed by atoms with Crippen molar-refractivity contribution in [2.45, 2.75) is 39.2 Å². The highest BCUT2D eigenvalue weighted by molar-refractivity contribution is 6.31. The third-order valence-electron chi connectivity index (χ3n) is 2.91. The number of hydrogen-bond acceptors (Lipinski definition) is 3. The van der Waals surface area contributed by atoms with Crippen molar-refractivity contribution in [2.24, 2.45) is 0 Å². The molecule has 0 aliphatic heterocycles. The van der Waals surface area contributed by atoms with Crippen LogP contribution in [0.4, 0.5) is 0 Å². The Kier molecular flexibility index (Phi) is 7.87. The van der Waals surface area contributed by atoms with Gasteiger partial charge >= 0.3 is 0 Å². The van der Waals surface area contributed by atoms with Gasteiger partial charge in [0, 0.05) is 11.6 Å². The summed E-state index contributed by atoms with van der Waals surface area (Å²) in [5.74, 6) is 0.743. The van der Waals surface area contributed by atoms with Gasteiger partial charge in [-0.05, 0) is 43.7 Å². The van der Waals surface area contributed by atoms with Gasteiger partial charge in [0.25, 0.3) is 0 Å². The number of aliphatic hydroxyl groups excluding tert-OH is 1. The van der Waals surface area contributed by atoms with Gasteiger partial charge in [-0.15, -0.1) is 0 Å². The zero-order valence-corrected chi connectivity index (χ0v) is 12.5. The van der Waals surface area contributed by atoms with Crippen molar-refractivity contribution in [3.8, 4) is 5.75 Å². The highest BCUT2D eigenvalue weighted by atomic mass is 35.5. The van der Waals surface area contributed by atoms with Crippen LogP contribution in [-0.2, 0) is 0 Å². The van der Waals surface area contributed by atoms with Crippen LogP contribution >= 0.6 is 11.6 Å². The third kappa shape index (κ3) is 6.81. The highest BCUT2D eigenvalue weighted by Crippen LogP contribution is 2.20. The van der Waals surface area contributed by atoms with Crippen LogP contribution in [-0.4, -0.2) is 30.9 Å². The van der Waals surface area contributed by atoms with E-state index in [-0.39, 0.29) is 0 Å². The first-order valence-corrected chi connectivity index (χ1v) is 7.29. The predicted molar refractivity (Wildman–Crippen MR) is 80.1 cm³/mol. The molecule has 1 aromatic rings. The van der Waals surface area contributed by atoms with Crippen LogP contribution in [0.3, 0.4) is 0 Å². The summed E-state index contributed by atoms with van der Waals surface area (Å²) in [4.78, 5) is 0. The maximum absolute atomic E-state index is 9.78. The van der Waals surface area contributed by atoms with Crippen molar-refractivity contribution >= 4 is 11.6 Å². The molecular weight excluding hydrogens is 262 g/mol. The number of benzene rings is 1. The monoisotopic (exact) mass is 285 g/mol. The molecule has 0 radical (unpaired) electrons. The van der Waals surface area contributed by atoms with E-state index in [1.54, 1.807) is 0 Å². The largest absolute Gasteiger partial charge is 0.491 e. The van der Waals surface area contributed by atoms with Crippen molar-refractivity contribution < 1.29 is 9.84 Å². The van der Waals surface area contributed by atoms with Gasteiger partial charge in [-0.25, -0.2) is 0 Å². The molecule has 0 aliphatic rings. The Morgan fingerprint density at radius 3 is 2.84 bits per heavy atom. The third-order valence-corrected chi connectivity index (χ3v) is 3.33. The maximum Gasteiger partial charge on any atom is 0.119 e. The summed E-state index contributed by atoms with van der Waals surface area (Å²) in [5, 5.41) is 13.7. The van der Waals surface area contributed by atoms with Gasteiger partial charge in [-0.2, -0.15) is 0 Å². The van der Waals surface area contributed by atoms with E-state index in [4.69, 9.17) is 16.3 Å². The molecule has 0 aliphatic carbocycles. The Balaban J connectivity index is 2.18. The molecule has 0 heterocycles. The van der Waals surface area contributed by atoms with Gasteiger partial charge in [0.1, 0.15) is 18.5 Å². The van der Waals surface area contributed by atoms with E-state index in [1.165, 1.54) is 12.8 Å². The summed E-state index contributed by atoms with van der Waals surface area (Å²) in [5.41, 5.74) is 0.978. The molecular formula is C15H24ClNO2. The smallest absolute Gasteiger partial charge is 0.119 e. The minimum Gasteiger partial charge on any atom is -0.491 e. The number of aliphatic hydroxyl groups is 1. The van der Waals surface area contributed by atoms with Crippen LogP contribution in [0.2, 0.25) is 5.02 Å². The number of aryl methyl sites for hydroxylation is 1. The molecule has 0 saturated carbocycles. The molecule has 1 atom stereocenters. The Hall–Kier alpha value is -0.770. The molecule has 0 fully saturated rings. The molecule has 0 saturated heterocycles. The zero-order valence-electron chi connectivity index (χ0n) is 11.8. The molecule has 0 spiro atoms. The van der Waals surface area contributed by atoms with E-state index in [0.29, 0.717) is 13.2 Å². The molecule has 0 amide bonds. The lowest BCUT2D eigenvalue weighted by atomic mass is 10.2. The number of unbranched alkanes of at least 4 members (excludes halogenated alkanes) is 2. The van der Waals surface area contributed by atoms with Crippen molar-refractivity contribution in [3.05, 3.63) is 28.8 Å². The first-order chi connectivity index (χ1) is 9.13. The number of ether oxygens (including phenoxy) is 1. The number of hydrogen-bond donors (Lipinski definition) is 2. The fourth-order valence-electron chi connectivity index (χ4n) is 1.73. The van der Waals surface area contributed by atoms with Crippen molar-refractivity contribution in [3.63, 3.8) is 0 Å². The van der Waals surface area contributed by atoms with Crippen LogP contribution in [0.1, 0.15) is 31.7 Å². The summed E-state index contributed by atoms with van der Waals surface area (Å²) in [6.07, 6.45) is 3.10. The maximum atomic E-state index is 9.78. The molecule has 108 valence electrons. The van der Waals surface area contributed by atoms with E-state index in [0.717, 1.165) is 29.3 Å². The average Bonchev–Trinajstić information content (AvgIpc) is 2.40. The van der Waals surface area contributed by atoms with Crippen LogP contribution in [0.15, 0.2) is 18.2 Å². The summed E-state index contributed by atoms with van der Waals surface area (Å²) in [6, 6.07) is 5.50. The molecule has 4 heteroatoms. The van der Waals surface area contributed by atoms with Gasteiger partial charge in [-0.3, -0.25) is 0 Å². The lowest BCUT2D eigenvalue weighted by Crippen LogP contribution is -2.32. The fraction of sp³-hybridized carbons (Fsp3) is 0.600. The lowest BCUT2D eigenvalue weighted by Gasteiger charge is -2.13. The highest BCUT2D eigenvalue weighted by Gasteiger charge is 2.05. The summed E-state index contributed by atoms with van der Waals surface area (Å²) >= 11 is 5.94. The Morgan fingerprint density at radius 2 is 2.16 bits per heavy atom. The number of halogens is 1. The van der Waals surface area contributed by atoms with Gasteiger partial charge in [0.2, 0.25) is 0 Å². The molecule has 3 nitrogen and oxygen atoms in total. The molecule has 0 bridgehead atoms. The molecule has 1 unspecified atom stereocenters. The Bertz CT molecular complexity index is 371. The lowest BCUT2D eigenvalue weighted by molar-refractivity contribution is 0.106. The van der Waals surface area contributed by atoms with Gasteiger partial charge in [-0.1, -0.05) is 31.4 Å². The molecule has 1 rings (SSSR count). The minimum atomic E-state index is -0.488. The van der Waals surface area contributed by atoms with Crippen LogP contribution in [0.5, 0.6) is 5.75 Å². The molecule has 0 aromatic heterocycles. The molecule has 2 N–H and O–H groups in total. The first-order valence-electron chi connectivity index (χ1n) is 6.91. The van der Waals surface area contributed by atoms with E-state index >= 15 is 0 Å². The normalized spacial score (nSPS) is 12.4. The quantitative estimate of drug-likeness (QED) is 0.685. The van der Waals surface area contributed by atoms with E-state index in [9.17, 15) is 5.11 Å². The van der Waals surface area contributed by atoms with Crippen LogP contribution in [0, 0.1) is 6.92 Å². The van der Waals surface area contributed by atoms with Crippen molar-refractivity contribution in [2.75, 3.05) is 19.7 Å². The van der Waals surface area contributed by atoms with Crippen LogP contribution in [0.25, 0.3) is 0 Å². The van der Waals surface area contributed by atoms with Gasteiger partial charge in [0.05, 0.1) is 0 Å². The standard InChI is InChI=1S/C15H24ClNO2/c1-3-4-5-8-17-10-13(18)11-19-14-6-7-15(16)12(2)9-14/h6-7,9,13,17-18H,3-5,8,10-11H2,1-2H3. The first kappa shape index (κ1) is 16.3. The number of rotatable bonds is 9. The Labute approximate surface area is 120 Å². The SMILES string of the molecule is CCCCCNCC(O)COc1ccc(Cl)c(C)c1. The summed E-state index contributed by atoms with van der Waals surface area (Å²) in [6.45, 7) is 5.92. The van der Waals surface area contributed by atoms with Gasteiger partial charge in [0.15, 0.2) is 0 Å². The van der Waals surface area contributed by atoms with E-state index in [2.05, 4.69) is 12.2 Å². The summed E-state index contributed by atoms with van der Waals surface area (Å²) in [7, 11) is 0. The second-order valence-corrected chi connectivity index (χ2v) is 5.19. The van der Waals surface area contributed by atoms with Crippen molar-refractivity contribution in [1.29, 1.82) is 0 Å². The topological polar surface area (TPSA) is 41.5 Å². The Morgan fingerprint density at radius 1 is 1.37 bits per heavy atom. The van der Waals surface area contributed by atoms with E-state index in [1.807, 2.05) is 25.1 Å². The molecule has 19 heavy (non-hydrogen) atoms. The number of nitrogens with one attached hydrogen (secondary N) is 1. The van der Waals surface area contributed by atoms with Gasteiger partial charge < -0.3 is 15.2 Å². The van der Waals surface area contributed by atoms with Crippen molar-refractivity contribution in [1.82, 2.24) is 5.32 Å². The molecule has 1 aromatic carbocycles. The van der Waals surface area contributed by atoms with Crippen LogP contribution < -0.4 is 10.1 Å². The minimum absolute atomic E-state index is 0.294. The second-order valence-electron chi connectivity index (χ2n) is 4.79. The zero-order chi connectivity index (χ0) is 14.1. The predicted octanol–water partition coefficient (Wildman–Crippen LogP) is 3.17. The average molecular weight is 286 g/mol. The second kappa shape index (κ2) is 9.18.